The lowest BCUT2D eigenvalue weighted by Gasteiger charge is -2.09. The van der Waals surface area contributed by atoms with Gasteiger partial charge in [0.15, 0.2) is 0 Å². The molecule has 0 aromatic heterocycles. The molecule has 0 aliphatic rings. The average molecular weight is 354 g/mol. The zero-order valence-electron chi connectivity index (χ0n) is 14.4. The molecule has 1 amide bonds. The summed E-state index contributed by atoms with van der Waals surface area (Å²) in [6.07, 6.45) is 1.40. The smallest absolute Gasteiger partial charge is 0.267 e. The van der Waals surface area contributed by atoms with Crippen molar-refractivity contribution in [2.24, 2.45) is 0 Å². The third-order valence-corrected chi connectivity index (χ3v) is 4.01. The number of amides is 1. The average Bonchev–Trinajstić information content (AvgIpc) is 2.59. The summed E-state index contributed by atoms with van der Waals surface area (Å²) in [5.41, 5.74) is 3.47. The van der Waals surface area contributed by atoms with Crippen molar-refractivity contribution in [1.29, 1.82) is 5.26 Å². The monoisotopic (exact) mass is 353 g/mol. The fourth-order valence-corrected chi connectivity index (χ4v) is 2.36. The van der Waals surface area contributed by atoms with Crippen molar-refractivity contribution in [3.05, 3.63) is 70.4 Å². The van der Waals surface area contributed by atoms with Crippen LogP contribution in [0.25, 0.3) is 0 Å². The standard InChI is InChI=1S/C20H20ClN3O/c1-13(2)15-5-8-18(9-6-15)23-12-16(11-22)20(25)24-19-10-17(21)7-4-14(19)3/h4-10,12-13,23H,1-3H3,(H,24,25)/b16-12-. The zero-order valence-corrected chi connectivity index (χ0v) is 15.2. The fourth-order valence-electron chi connectivity index (χ4n) is 2.19. The molecule has 2 aromatic carbocycles. The predicted octanol–water partition coefficient (Wildman–Crippen LogP) is 5.23. The number of benzene rings is 2. The van der Waals surface area contributed by atoms with E-state index in [0.717, 1.165) is 11.3 Å². The molecule has 25 heavy (non-hydrogen) atoms. The van der Waals surface area contributed by atoms with Gasteiger partial charge in [0.25, 0.3) is 5.91 Å². The van der Waals surface area contributed by atoms with E-state index in [0.29, 0.717) is 16.6 Å². The van der Waals surface area contributed by atoms with Crippen molar-refractivity contribution < 1.29 is 4.79 Å². The van der Waals surface area contributed by atoms with Crippen LogP contribution in [0.4, 0.5) is 11.4 Å². The number of aryl methyl sites for hydroxylation is 1. The number of halogens is 1. The summed E-state index contributed by atoms with van der Waals surface area (Å²) in [5.74, 6) is -0.0369. The molecule has 0 spiro atoms. The molecule has 0 radical (unpaired) electrons. The highest BCUT2D eigenvalue weighted by Gasteiger charge is 2.11. The largest absolute Gasteiger partial charge is 0.360 e. The summed E-state index contributed by atoms with van der Waals surface area (Å²) in [5, 5.41) is 15.5. The lowest BCUT2D eigenvalue weighted by atomic mass is 10.0. The minimum Gasteiger partial charge on any atom is -0.360 e. The Balaban J connectivity index is 2.10. The minimum absolute atomic E-state index is 0.0210. The minimum atomic E-state index is -0.487. The van der Waals surface area contributed by atoms with E-state index in [1.807, 2.05) is 43.3 Å². The maximum atomic E-state index is 12.3. The fraction of sp³-hybridized carbons (Fsp3) is 0.200. The maximum absolute atomic E-state index is 12.3. The second-order valence-electron chi connectivity index (χ2n) is 6.00. The van der Waals surface area contributed by atoms with Crippen LogP contribution in [0.3, 0.4) is 0 Å². The molecule has 0 fully saturated rings. The number of nitrogens with zero attached hydrogens (tertiary/aromatic N) is 1. The van der Waals surface area contributed by atoms with E-state index < -0.39 is 5.91 Å². The van der Waals surface area contributed by atoms with Crippen LogP contribution < -0.4 is 10.6 Å². The van der Waals surface area contributed by atoms with Gasteiger partial charge < -0.3 is 10.6 Å². The lowest BCUT2D eigenvalue weighted by Crippen LogP contribution is -2.15. The summed E-state index contributed by atoms with van der Waals surface area (Å²) in [6.45, 7) is 6.10. The van der Waals surface area contributed by atoms with Gasteiger partial charge in [0.1, 0.15) is 11.6 Å². The van der Waals surface area contributed by atoms with E-state index in [9.17, 15) is 10.1 Å². The van der Waals surface area contributed by atoms with Gasteiger partial charge in [-0.3, -0.25) is 4.79 Å². The highest BCUT2D eigenvalue weighted by Crippen LogP contribution is 2.21. The summed E-state index contributed by atoms with van der Waals surface area (Å²) in [7, 11) is 0. The number of carbonyl (C=O) groups is 1. The van der Waals surface area contributed by atoms with Gasteiger partial charge in [0, 0.05) is 22.6 Å². The molecule has 0 unspecified atom stereocenters. The van der Waals surface area contributed by atoms with Crippen molar-refractivity contribution in [3.8, 4) is 6.07 Å². The molecular weight excluding hydrogens is 334 g/mol. The van der Waals surface area contributed by atoms with Crippen molar-refractivity contribution >= 4 is 28.9 Å². The van der Waals surface area contributed by atoms with Crippen molar-refractivity contribution in [2.45, 2.75) is 26.7 Å². The van der Waals surface area contributed by atoms with Crippen LogP contribution in [0, 0.1) is 18.3 Å². The van der Waals surface area contributed by atoms with Gasteiger partial charge in [-0.2, -0.15) is 5.26 Å². The summed E-state index contributed by atoms with van der Waals surface area (Å²) in [4.78, 5) is 12.3. The first-order chi connectivity index (χ1) is 11.9. The van der Waals surface area contributed by atoms with Gasteiger partial charge in [0.05, 0.1) is 0 Å². The lowest BCUT2D eigenvalue weighted by molar-refractivity contribution is -0.112. The van der Waals surface area contributed by atoms with E-state index >= 15 is 0 Å². The van der Waals surface area contributed by atoms with E-state index in [1.165, 1.54) is 11.8 Å². The van der Waals surface area contributed by atoms with E-state index in [2.05, 4.69) is 24.5 Å². The Morgan fingerprint density at radius 3 is 2.48 bits per heavy atom. The Labute approximate surface area is 153 Å². The van der Waals surface area contributed by atoms with Crippen LogP contribution in [0.5, 0.6) is 0 Å². The highest BCUT2D eigenvalue weighted by molar-refractivity contribution is 6.31. The molecule has 0 saturated carbocycles. The predicted molar refractivity (Wildman–Crippen MR) is 103 cm³/mol. The maximum Gasteiger partial charge on any atom is 0.267 e. The van der Waals surface area contributed by atoms with Crippen molar-refractivity contribution in [2.75, 3.05) is 10.6 Å². The SMILES string of the molecule is Cc1ccc(Cl)cc1NC(=O)/C(C#N)=C\Nc1ccc(C(C)C)cc1. The van der Waals surface area contributed by atoms with Gasteiger partial charge in [0.2, 0.25) is 0 Å². The number of nitrogens with one attached hydrogen (secondary N) is 2. The van der Waals surface area contributed by atoms with Crippen LogP contribution in [-0.4, -0.2) is 5.91 Å². The van der Waals surface area contributed by atoms with E-state index in [-0.39, 0.29) is 5.57 Å². The molecule has 2 rings (SSSR count). The molecule has 0 bridgehead atoms. The van der Waals surface area contributed by atoms with Gasteiger partial charge in [-0.25, -0.2) is 0 Å². The Bertz CT molecular complexity index is 833. The number of carbonyl (C=O) groups excluding carboxylic acids is 1. The second-order valence-corrected chi connectivity index (χ2v) is 6.44. The molecule has 0 saturated heterocycles. The second kappa shape index (κ2) is 8.36. The topological polar surface area (TPSA) is 64.9 Å². The molecule has 0 atom stereocenters. The normalized spacial score (nSPS) is 11.1. The first kappa shape index (κ1) is 18.6. The van der Waals surface area contributed by atoms with Crippen LogP contribution in [-0.2, 0) is 4.79 Å². The number of rotatable bonds is 5. The van der Waals surface area contributed by atoms with Gasteiger partial charge in [-0.15, -0.1) is 0 Å². The Kier molecular flexibility index (Phi) is 6.21. The first-order valence-corrected chi connectivity index (χ1v) is 8.32. The Morgan fingerprint density at radius 2 is 1.88 bits per heavy atom. The molecule has 5 heteroatoms. The van der Waals surface area contributed by atoms with Crippen LogP contribution in [0.15, 0.2) is 54.2 Å². The van der Waals surface area contributed by atoms with Crippen LogP contribution >= 0.6 is 11.6 Å². The molecule has 0 aliphatic carbocycles. The molecule has 0 aliphatic heterocycles. The first-order valence-electron chi connectivity index (χ1n) is 7.95. The Morgan fingerprint density at radius 1 is 1.20 bits per heavy atom. The van der Waals surface area contributed by atoms with Gasteiger partial charge in [-0.05, 0) is 48.2 Å². The number of hydrogen-bond donors (Lipinski definition) is 2. The van der Waals surface area contributed by atoms with Crippen LogP contribution in [0.1, 0.15) is 30.9 Å². The van der Waals surface area contributed by atoms with Crippen molar-refractivity contribution in [1.82, 2.24) is 0 Å². The molecular formula is C20H20ClN3O. The van der Waals surface area contributed by atoms with Gasteiger partial charge >= 0.3 is 0 Å². The number of nitriles is 1. The zero-order chi connectivity index (χ0) is 18.4. The Hall–Kier alpha value is -2.77. The summed E-state index contributed by atoms with van der Waals surface area (Å²) >= 11 is 5.95. The molecule has 2 N–H and O–H groups in total. The quantitative estimate of drug-likeness (QED) is 0.571. The van der Waals surface area contributed by atoms with Crippen LogP contribution in [0.2, 0.25) is 5.02 Å². The summed E-state index contributed by atoms with van der Waals surface area (Å²) in [6, 6.07) is 15.0. The molecule has 4 nitrogen and oxygen atoms in total. The highest BCUT2D eigenvalue weighted by atomic mass is 35.5. The van der Waals surface area contributed by atoms with E-state index in [4.69, 9.17) is 11.6 Å². The molecule has 0 heterocycles. The van der Waals surface area contributed by atoms with Crippen molar-refractivity contribution in [3.63, 3.8) is 0 Å². The molecule has 128 valence electrons. The van der Waals surface area contributed by atoms with E-state index in [1.54, 1.807) is 12.1 Å². The molecule has 2 aromatic rings. The summed E-state index contributed by atoms with van der Waals surface area (Å²) < 4.78 is 0. The number of anilines is 2. The third-order valence-electron chi connectivity index (χ3n) is 3.77. The third kappa shape index (κ3) is 5.10. The number of hydrogen-bond acceptors (Lipinski definition) is 3. The van der Waals surface area contributed by atoms with Gasteiger partial charge in [-0.1, -0.05) is 43.6 Å².